The molecule has 0 bridgehead atoms. The number of nitriles is 1. The van der Waals surface area contributed by atoms with E-state index in [-0.39, 0.29) is 34.8 Å². The molecule has 8 heteroatoms. The minimum Gasteiger partial charge on any atom is -0.496 e. The van der Waals surface area contributed by atoms with Crippen molar-refractivity contribution in [2.45, 2.75) is 18.5 Å². The number of hydrogen-bond acceptors (Lipinski definition) is 5. The van der Waals surface area contributed by atoms with Gasteiger partial charge in [0.1, 0.15) is 17.6 Å². The van der Waals surface area contributed by atoms with E-state index in [4.69, 9.17) is 4.74 Å². The fourth-order valence-electron chi connectivity index (χ4n) is 3.12. The maximum Gasteiger partial charge on any atom is 0.259 e. The SMILES string of the molecule is COc1ccc(F)c2c1C(=O)N(C1CCS(=O)(=O)C1)C2C#N. The van der Waals surface area contributed by atoms with Crippen LogP contribution in [0, 0.1) is 17.1 Å². The zero-order valence-corrected chi connectivity index (χ0v) is 12.6. The summed E-state index contributed by atoms with van der Waals surface area (Å²) in [7, 11) is -1.88. The molecular formula is C14H13FN2O4S. The maximum atomic E-state index is 14.1. The van der Waals surface area contributed by atoms with Gasteiger partial charge in [-0.2, -0.15) is 5.26 Å². The van der Waals surface area contributed by atoms with Gasteiger partial charge in [-0.3, -0.25) is 4.79 Å². The molecule has 2 unspecified atom stereocenters. The quantitative estimate of drug-likeness (QED) is 0.811. The van der Waals surface area contributed by atoms with Gasteiger partial charge in [0, 0.05) is 11.6 Å². The standard InChI is InChI=1S/C14H13FN2O4S/c1-21-11-3-2-9(15)12-10(6-16)17(14(18)13(11)12)8-4-5-22(19,20)7-8/h2-3,8,10H,4-5,7H2,1H3. The lowest BCUT2D eigenvalue weighted by molar-refractivity contribution is 0.0691. The van der Waals surface area contributed by atoms with Crippen LogP contribution < -0.4 is 4.74 Å². The molecular weight excluding hydrogens is 311 g/mol. The zero-order chi connectivity index (χ0) is 16.1. The summed E-state index contributed by atoms with van der Waals surface area (Å²) in [4.78, 5) is 13.8. The molecule has 2 aliphatic rings. The van der Waals surface area contributed by atoms with Crippen LogP contribution in [-0.2, 0) is 9.84 Å². The summed E-state index contributed by atoms with van der Waals surface area (Å²) < 4.78 is 42.5. The first-order valence-electron chi connectivity index (χ1n) is 6.68. The number of benzene rings is 1. The van der Waals surface area contributed by atoms with Crippen LogP contribution in [0.25, 0.3) is 0 Å². The van der Waals surface area contributed by atoms with E-state index >= 15 is 0 Å². The number of halogens is 1. The van der Waals surface area contributed by atoms with Crippen molar-refractivity contribution >= 4 is 15.7 Å². The second-order valence-corrected chi connectivity index (χ2v) is 7.57. The average Bonchev–Trinajstić information content (AvgIpc) is 2.97. The van der Waals surface area contributed by atoms with Gasteiger partial charge in [0.25, 0.3) is 5.91 Å². The number of methoxy groups -OCH3 is 1. The molecule has 2 atom stereocenters. The van der Waals surface area contributed by atoms with Crippen LogP contribution in [0.5, 0.6) is 5.75 Å². The van der Waals surface area contributed by atoms with E-state index in [1.807, 2.05) is 6.07 Å². The minimum absolute atomic E-state index is 0.0124. The summed E-state index contributed by atoms with van der Waals surface area (Å²) in [5.41, 5.74) is -0.0190. The summed E-state index contributed by atoms with van der Waals surface area (Å²) in [6.07, 6.45) is 0.254. The van der Waals surface area contributed by atoms with Crippen molar-refractivity contribution < 1.29 is 22.3 Å². The van der Waals surface area contributed by atoms with E-state index < -0.39 is 33.6 Å². The molecule has 0 aromatic heterocycles. The third-order valence-corrected chi connectivity index (χ3v) is 5.85. The van der Waals surface area contributed by atoms with Crippen LogP contribution in [0.2, 0.25) is 0 Å². The fourth-order valence-corrected chi connectivity index (χ4v) is 4.83. The largest absolute Gasteiger partial charge is 0.496 e. The Morgan fingerprint density at radius 1 is 1.45 bits per heavy atom. The van der Waals surface area contributed by atoms with Crippen LogP contribution in [0.3, 0.4) is 0 Å². The van der Waals surface area contributed by atoms with Gasteiger partial charge in [-0.25, -0.2) is 12.8 Å². The highest BCUT2D eigenvalue weighted by atomic mass is 32.2. The van der Waals surface area contributed by atoms with Crippen molar-refractivity contribution in [2.24, 2.45) is 0 Å². The number of rotatable bonds is 2. The lowest BCUT2D eigenvalue weighted by Crippen LogP contribution is -2.38. The summed E-state index contributed by atoms with van der Waals surface area (Å²) in [5, 5.41) is 9.38. The summed E-state index contributed by atoms with van der Waals surface area (Å²) >= 11 is 0. The number of hydrogen-bond donors (Lipinski definition) is 0. The lowest BCUT2D eigenvalue weighted by Gasteiger charge is -2.26. The molecule has 6 nitrogen and oxygen atoms in total. The number of nitrogens with zero attached hydrogens (tertiary/aromatic N) is 2. The van der Waals surface area contributed by atoms with Crippen molar-refractivity contribution in [1.29, 1.82) is 5.26 Å². The van der Waals surface area contributed by atoms with Crippen molar-refractivity contribution in [3.05, 3.63) is 29.1 Å². The van der Waals surface area contributed by atoms with Gasteiger partial charge in [0.2, 0.25) is 0 Å². The van der Waals surface area contributed by atoms with Crippen molar-refractivity contribution in [3.63, 3.8) is 0 Å². The molecule has 116 valence electrons. The third-order valence-electron chi connectivity index (χ3n) is 4.10. The van der Waals surface area contributed by atoms with E-state index in [9.17, 15) is 22.9 Å². The Morgan fingerprint density at radius 3 is 2.73 bits per heavy atom. The lowest BCUT2D eigenvalue weighted by atomic mass is 10.0. The second kappa shape index (κ2) is 4.95. The van der Waals surface area contributed by atoms with Crippen molar-refractivity contribution in [2.75, 3.05) is 18.6 Å². The molecule has 0 radical (unpaired) electrons. The normalized spacial score (nSPS) is 25.9. The van der Waals surface area contributed by atoms with Gasteiger partial charge in [-0.1, -0.05) is 0 Å². The summed E-state index contributed by atoms with van der Waals surface area (Å²) in [6.45, 7) is 0. The summed E-state index contributed by atoms with van der Waals surface area (Å²) in [6, 6.07) is 2.64. The molecule has 0 saturated carbocycles. The molecule has 1 fully saturated rings. The Labute approximate surface area is 127 Å². The number of sulfone groups is 1. The van der Waals surface area contributed by atoms with Gasteiger partial charge in [0.15, 0.2) is 9.84 Å². The molecule has 1 saturated heterocycles. The van der Waals surface area contributed by atoms with Gasteiger partial charge in [0.05, 0.1) is 30.2 Å². The highest BCUT2D eigenvalue weighted by Gasteiger charge is 2.47. The smallest absolute Gasteiger partial charge is 0.259 e. The van der Waals surface area contributed by atoms with Gasteiger partial charge in [-0.05, 0) is 18.6 Å². The molecule has 1 amide bonds. The second-order valence-electron chi connectivity index (χ2n) is 5.34. The van der Waals surface area contributed by atoms with E-state index in [2.05, 4.69) is 0 Å². The monoisotopic (exact) mass is 324 g/mol. The first-order chi connectivity index (χ1) is 10.4. The van der Waals surface area contributed by atoms with Gasteiger partial charge < -0.3 is 9.64 Å². The predicted octanol–water partition coefficient (Wildman–Crippen LogP) is 1.04. The topological polar surface area (TPSA) is 87.5 Å². The highest BCUT2D eigenvalue weighted by Crippen LogP contribution is 2.42. The molecule has 2 aliphatic heterocycles. The molecule has 1 aromatic carbocycles. The Balaban J connectivity index is 2.11. The fraction of sp³-hybridized carbons (Fsp3) is 0.429. The number of carbonyl (C=O) groups is 1. The first-order valence-corrected chi connectivity index (χ1v) is 8.51. The maximum absolute atomic E-state index is 14.1. The third kappa shape index (κ3) is 2.04. The molecule has 2 heterocycles. The van der Waals surface area contributed by atoms with Crippen LogP contribution >= 0.6 is 0 Å². The van der Waals surface area contributed by atoms with E-state index in [1.165, 1.54) is 18.1 Å². The Morgan fingerprint density at radius 2 is 2.18 bits per heavy atom. The first kappa shape index (κ1) is 14.8. The minimum atomic E-state index is -3.23. The molecule has 1 aromatic rings. The average molecular weight is 324 g/mol. The Kier molecular flexibility index (Phi) is 3.33. The van der Waals surface area contributed by atoms with Crippen LogP contribution in [0.1, 0.15) is 28.4 Å². The van der Waals surface area contributed by atoms with Crippen LogP contribution in [0.4, 0.5) is 4.39 Å². The highest BCUT2D eigenvalue weighted by molar-refractivity contribution is 7.91. The molecule has 0 aliphatic carbocycles. The Hall–Kier alpha value is -2.14. The van der Waals surface area contributed by atoms with E-state index in [0.29, 0.717) is 0 Å². The molecule has 22 heavy (non-hydrogen) atoms. The van der Waals surface area contributed by atoms with E-state index in [0.717, 1.165) is 6.07 Å². The van der Waals surface area contributed by atoms with Crippen LogP contribution in [0.15, 0.2) is 12.1 Å². The number of fused-ring (bicyclic) bond motifs is 1. The molecule has 0 spiro atoms. The Bertz CT molecular complexity index is 800. The summed E-state index contributed by atoms with van der Waals surface area (Å²) in [5.74, 6) is -1.27. The van der Waals surface area contributed by atoms with Gasteiger partial charge in [-0.15, -0.1) is 0 Å². The van der Waals surface area contributed by atoms with Crippen molar-refractivity contribution in [3.8, 4) is 11.8 Å². The predicted molar refractivity (Wildman–Crippen MR) is 74.5 cm³/mol. The van der Waals surface area contributed by atoms with Gasteiger partial charge >= 0.3 is 0 Å². The number of ether oxygens (including phenoxy) is 1. The number of amides is 1. The molecule has 3 rings (SSSR count). The zero-order valence-electron chi connectivity index (χ0n) is 11.7. The molecule has 0 N–H and O–H groups in total. The van der Waals surface area contributed by atoms with Crippen LogP contribution in [-0.4, -0.2) is 43.9 Å². The number of carbonyl (C=O) groups excluding carboxylic acids is 1. The van der Waals surface area contributed by atoms with E-state index in [1.54, 1.807) is 0 Å². The van der Waals surface area contributed by atoms with Crippen molar-refractivity contribution in [1.82, 2.24) is 4.90 Å².